The number of benzene rings is 2. The predicted molar refractivity (Wildman–Crippen MR) is 147 cm³/mol. The number of rotatable bonds is 19. The van der Waals surface area contributed by atoms with Gasteiger partial charge in [-0.25, -0.2) is 0 Å². The molecule has 0 bridgehead atoms. The van der Waals surface area contributed by atoms with E-state index in [0.29, 0.717) is 0 Å². The molecule has 0 heterocycles. The Balaban J connectivity index is 1.11. The van der Waals surface area contributed by atoms with Crippen molar-refractivity contribution in [1.29, 1.82) is 0 Å². The SMILES string of the molecule is CCCCCCCCCCCCCCCCCCCCc1ccc2c(c1)-c1ccccc1C2. The van der Waals surface area contributed by atoms with E-state index in [4.69, 9.17) is 0 Å². The van der Waals surface area contributed by atoms with E-state index in [1.807, 2.05) is 0 Å². The van der Waals surface area contributed by atoms with E-state index in [1.54, 1.807) is 0 Å². The molecule has 0 nitrogen and oxygen atoms in total. The van der Waals surface area contributed by atoms with Crippen LogP contribution in [0.3, 0.4) is 0 Å². The first-order chi connectivity index (χ1) is 16.4. The van der Waals surface area contributed by atoms with Crippen LogP contribution in [-0.2, 0) is 12.8 Å². The summed E-state index contributed by atoms with van der Waals surface area (Å²) in [6.45, 7) is 2.30. The summed E-state index contributed by atoms with van der Waals surface area (Å²) in [5.74, 6) is 0. The monoisotopic (exact) mass is 446 g/mol. The molecule has 0 saturated heterocycles. The van der Waals surface area contributed by atoms with Gasteiger partial charge in [0.2, 0.25) is 0 Å². The molecule has 0 spiro atoms. The molecule has 2 aromatic rings. The number of hydrogen-bond donors (Lipinski definition) is 0. The lowest BCUT2D eigenvalue weighted by Crippen LogP contribution is -1.89. The first-order valence-electron chi connectivity index (χ1n) is 14.6. The summed E-state index contributed by atoms with van der Waals surface area (Å²) in [7, 11) is 0. The predicted octanol–water partition coefficient (Wildman–Crippen LogP) is 10.8. The van der Waals surface area contributed by atoms with E-state index in [1.165, 1.54) is 150 Å². The van der Waals surface area contributed by atoms with E-state index in [9.17, 15) is 0 Å². The molecule has 0 amide bonds. The molecule has 1 aliphatic carbocycles. The second kappa shape index (κ2) is 16.1. The van der Waals surface area contributed by atoms with Gasteiger partial charge < -0.3 is 0 Å². The van der Waals surface area contributed by atoms with Gasteiger partial charge in [-0.05, 0) is 47.1 Å². The highest BCUT2D eigenvalue weighted by atomic mass is 14.2. The van der Waals surface area contributed by atoms with Gasteiger partial charge in [0.25, 0.3) is 0 Å². The normalized spacial score (nSPS) is 12.2. The molecule has 0 aromatic heterocycles. The molecule has 2 aromatic carbocycles. The van der Waals surface area contributed by atoms with Gasteiger partial charge in [-0.1, -0.05) is 159 Å². The third-order valence-corrected chi connectivity index (χ3v) is 7.68. The second-order valence-corrected chi connectivity index (χ2v) is 10.6. The highest BCUT2D eigenvalue weighted by Crippen LogP contribution is 2.37. The van der Waals surface area contributed by atoms with Gasteiger partial charge in [0.1, 0.15) is 0 Å². The minimum Gasteiger partial charge on any atom is -0.0654 e. The molecule has 0 radical (unpaired) electrons. The zero-order valence-corrected chi connectivity index (χ0v) is 21.7. The standard InChI is InChI=1S/C33H50/c1-2-3-4-5-6-7-8-9-10-11-12-13-14-15-16-17-18-19-22-29-25-26-31-28-30-23-20-21-24-32(30)33(31)27-29/h20-21,23-27H,2-19,22,28H2,1H3. The highest BCUT2D eigenvalue weighted by Gasteiger charge is 2.17. The smallest absolute Gasteiger partial charge is 0.00135 e. The molecular formula is C33H50. The Morgan fingerprint density at radius 1 is 0.485 bits per heavy atom. The van der Waals surface area contributed by atoms with Gasteiger partial charge >= 0.3 is 0 Å². The fraction of sp³-hybridized carbons (Fsp3) is 0.636. The Morgan fingerprint density at radius 2 is 0.970 bits per heavy atom. The van der Waals surface area contributed by atoms with E-state index in [0.717, 1.165) is 6.42 Å². The summed E-state index contributed by atoms with van der Waals surface area (Å²) in [5.41, 5.74) is 7.50. The molecule has 0 N–H and O–H groups in total. The Morgan fingerprint density at radius 3 is 1.55 bits per heavy atom. The summed E-state index contributed by atoms with van der Waals surface area (Å²) in [5, 5.41) is 0. The summed E-state index contributed by atoms with van der Waals surface area (Å²) in [6.07, 6.45) is 28.4. The lowest BCUT2D eigenvalue weighted by Gasteiger charge is -2.06. The molecule has 0 unspecified atom stereocenters. The van der Waals surface area contributed by atoms with Crippen molar-refractivity contribution in [2.75, 3.05) is 0 Å². The average molecular weight is 447 g/mol. The maximum atomic E-state index is 2.47. The Bertz CT molecular complexity index is 771. The number of hydrogen-bond acceptors (Lipinski definition) is 0. The van der Waals surface area contributed by atoms with E-state index >= 15 is 0 Å². The Kier molecular flexibility index (Phi) is 12.7. The zero-order chi connectivity index (χ0) is 23.0. The van der Waals surface area contributed by atoms with Crippen LogP contribution in [0.4, 0.5) is 0 Å². The van der Waals surface area contributed by atoms with Crippen molar-refractivity contribution >= 4 is 0 Å². The third kappa shape index (κ3) is 9.68. The molecule has 3 rings (SSSR count). The summed E-state index contributed by atoms with van der Waals surface area (Å²) in [4.78, 5) is 0. The van der Waals surface area contributed by atoms with Gasteiger partial charge in [0.05, 0.1) is 0 Å². The van der Waals surface area contributed by atoms with Crippen LogP contribution in [0.1, 0.15) is 139 Å². The Labute approximate surface area is 205 Å². The zero-order valence-electron chi connectivity index (χ0n) is 21.7. The first-order valence-corrected chi connectivity index (χ1v) is 14.6. The summed E-state index contributed by atoms with van der Waals surface area (Å²) >= 11 is 0. The number of fused-ring (bicyclic) bond motifs is 3. The fourth-order valence-corrected chi connectivity index (χ4v) is 5.56. The average Bonchev–Trinajstić information content (AvgIpc) is 3.21. The molecule has 0 saturated carbocycles. The molecular weight excluding hydrogens is 396 g/mol. The topological polar surface area (TPSA) is 0 Å². The highest BCUT2D eigenvalue weighted by molar-refractivity contribution is 5.77. The van der Waals surface area contributed by atoms with Crippen LogP contribution < -0.4 is 0 Å². The van der Waals surface area contributed by atoms with Gasteiger partial charge in [-0.3, -0.25) is 0 Å². The maximum absolute atomic E-state index is 2.47. The summed E-state index contributed by atoms with van der Waals surface area (Å²) < 4.78 is 0. The van der Waals surface area contributed by atoms with Gasteiger partial charge in [-0.15, -0.1) is 0 Å². The lowest BCUT2D eigenvalue weighted by molar-refractivity contribution is 0.525. The number of unbranched alkanes of at least 4 members (excludes halogenated alkanes) is 17. The molecule has 1 aliphatic rings. The minimum absolute atomic E-state index is 1.12. The third-order valence-electron chi connectivity index (χ3n) is 7.68. The van der Waals surface area contributed by atoms with Gasteiger partial charge in [0, 0.05) is 0 Å². The van der Waals surface area contributed by atoms with Crippen LogP contribution in [-0.4, -0.2) is 0 Å². The van der Waals surface area contributed by atoms with Crippen LogP contribution in [0, 0.1) is 0 Å². The molecule has 182 valence electrons. The van der Waals surface area contributed by atoms with Crippen LogP contribution in [0.15, 0.2) is 42.5 Å². The summed E-state index contributed by atoms with van der Waals surface area (Å²) in [6, 6.07) is 16.1. The Hall–Kier alpha value is -1.56. The quantitative estimate of drug-likeness (QED) is 0.161. The second-order valence-electron chi connectivity index (χ2n) is 10.6. The van der Waals surface area contributed by atoms with Gasteiger partial charge in [0.15, 0.2) is 0 Å². The van der Waals surface area contributed by atoms with Crippen LogP contribution >= 0.6 is 0 Å². The van der Waals surface area contributed by atoms with Crippen molar-refractivity contribution in [2.24, 2.45) is 0 Å². The number of aryl methyl sites for hydroxylation is 1. The minimum atomic E-state index is 1.12. The molecule has 0 fully saturated rings. The van der Waals surface area contributed by atoms with Crippen molar-refractivity contribution in [2.45, 2.75) is 135 Å². The van der Waals surface area contributed by atoms with Crippen molar-refractivity contribution in [3.8, 4) is 11.1 Å². The van der Waals surface area contributed by atoms with E-state index in [-0.39, 0.29) is 0 Å². The van der Waals surface area contributed by atoms with Crippen molar-refractivity contribution in [1.82, 2.24) is 0 Å². The van der Waals surface area contributed by atoms with Gasteiger partial charge in [-0.2, -0.15) is 0 Å². The van der Waals surface area contributed by atoms with Crippen molar-refractivity contribution in [3.63, 3.8) is 0 Å². The molecule has 0 heteroatoms. The van der Waals surface area contributed by atoms with E-state index < -0.39 is 0 Å². The molecule has 33 heavy (non-hydrogen) atoms. The fourth-order valence-electron chi connectivity index (χ4n) is 5.56. The van der Waals surface area contributed by atoms with Crippen LogP contribution in [0.2, 0.25) is 0 Å². The first kappa shape index (κ1) is 26.1. The largest absolute Gasteiger partial charge is 0.0654 e. The molecule has 0 aliphatic heterocycles. The van der Waals surface area contributed by atoms with Crippen molar-refractivity contribution in [3.05, 3.63) is 59.2 Å². The molecule has 0 atom stereocenters. The van der Waals surface area contributed by atoms with Crippen LogP contribution in [0.5, 0.6) is 0 Å². The van der Waals surface area contributed by atoms with E-state index in [2.05, 4.69) is 49.4 Å². The lowest BCUT2D eigenvalue weighted by atomic mass is 9.99. The maximum Gasteiger partial charge on any atom is -0.00135 e. The van der Waals surface area contributed by atoms with Crippen LogP contribution in [0.25, 0.3) is 11.1 Å². The van der Waals surface area contributed by atoms with Crippen molar-refractivity contribution < 1.29 is 0 Å².